The van der Waals surface area contributed by atoms with E-state index >= 15 is 0 Å². The molecule has 6 nitrogen and oxygen atoms in total. The van der Waals surface area contributed by atoms with Crippen molar-refractivity contribution in [3.05, 3.63) is 0 Å². The van der Waals surface area contributed by atoms with Crippen LogP contribution >= 0.6 is 0 Å². The Hall–Kier alpha value is -1.30. The fraction of sp³-hybridized carbons (Fsp3) is 0.818. The maximum Gasteiger partial charge on any atom is 0.317 e. The molecule has 0 aliphatic carbocycles. The van der Waals surface area contributed by atoms with Crippen molar-refractivity contribution in [2.24, 2.45) is 5.92 Å². The Balaban J connectivity index is 4.25. The maximum absolute atomic E-state index is 11.8. The van der Waals surface area contributed by atoms with Gasteiger partial charge < -0.3 is 20.1 Å². The number of hydrogen-bond acceptors (Lipinski definition) is 3. The molecule has 17 heavy (non-hydrogen) atoms. The van der Waals surface area contributed by atoms with E-state index < -0.39 is 17.9 Å². The summed E-state index contributed by atoms with van der Waals surface area (Å²) < 4.78 is 4.90. The molecule has 0 radical (unpaired) electrons. The van der Waals surface area contributed by atoms with Gasteiger partial charge in [0.2, 0.25) is 0 Å². The first kappa shape index (κ1) is 15.7. The lowest BCUT2D eigenvalue weighted by Crippen LogP contribution is -2.48. The molecule has 0 heterocycles. The lowest BCUT2D eigenvalue weighted by Gasteiger charge is -2.25. The Kier molecular flexibility index (Phi) is 7.29. The van der Waals surface area contributed by atoms with Gasteiger partial charge in [-0.15, -0.1) is 0 Å². The number of ether oxygens (including phenoxy) is 1. The van der Waals surface area contributed by atoms with Crippen molar-refractivity contribution < 1.29 is 19.4 Å². The van der Waals surface area contributed by atoms with Crippen LogP contribution in [0.5, 0.6) is 0 Å². The molecule has 2 amide bonds. The van der Waals surface area contributed by atoms with Gasteiger partial charge >= 0.3 is 12.0 Å². The van der Waals surface area contributed by atoms with Gasteiger partial charge in [0.25, 0.3) is 0 Å². The van der Waals surface area contributed by atoms with Crippen LogP contribution < -0.4 is 5.32 Å². The highest BCUT2D eigenvalue weighted by Gasteiger charge is 2.22. The topological polar surface area (TPSA) is 78.9 Å². The lowest BCUT2D eigenvalue weighted by molar-refractivity contribution is -0.141. The summed E-state index contributed by atoms with van der Waals surface area (Å²) in [5.41, 5.74) is 0. The molecule has 0 fully saturated rings. The summed E-state index contributed by atoms with van der Waals surface area (Å²) in [6, 6.07) is -0.665. The van der Waals surface area contributed by atoms with E-state index in [2.05, 4.69) is 5.32 Å². The highest BCUT2D eigenvalue weighted by Crippen LogP contribution is 2.03. The minimum absolute atomic E-state index is 0.259. The Morgan fingerprint density at radius 2 is 2.00 bits per heavy atom. The molecule has 0 bridgehead atoms. The Morgan fingerprint density at radius 3 is 2.41 bits per heavy atom. The van der Waals surface area contributed by atoms with Crippen LogP contribution in [-0.4, -0.2) is 54.9 Å². The van der Waals surface area contributed by atoms with Gasteiger partial charge in [-0.05, 0) is 20.8 Å². The molecule has 0 rings (SSSR count). The number of hydrogen-bond donors (Lipinski definition) is 2. The molecule has 0 saturated heterocycles. The number of methoxy groups -OCH3 is 1. The Labute approximate surface area is 102 Å². The summed E-state index contributed by atoms with van der Waals surface area (Å²) in [4.78, 5) is 24.1. The minimum atomic E-state index is -0.919. The molecule has 0 aromatic rings. The van der Waals surface area contributed by atoms with Gasteiger partial charge in [-0.2, -0.15) is 0 Å². The minimum Gasteiger partial charge on any atom is -0.481 e. The number of carbonyl (C=O) groups excluding carboxylic acids is 1. The van der Waals surface area contributed by atoms with Gasteiger partial charge in [-0.3, -0.25) is 4.79 Å². The number of aliphatic carboxylic acids is 1. The van der Waals surface area contributed by atoms with Crippen LogP contribution in [0.15, 0.2) is 0 Å². The molecular formula is C11H22N2O4. The lowest BCUT2D eigenvalue weighted by atomic mass is 10.0. The third kappa shape index (κ3) is 5.53. The molecule has 0 aromatic carbocycles. The summed E-state index contributed by atoms with van der Waals surface area (Å²) in [7, 11) is 1.57. The smallest absolute Gasteiger partial charge is 0.317 e. The number of carboxylic acids is 1. The molecule has 0 saturated carbocycles. The fourth-order valence-electron chi connectivity index (χ4n) is 1.23. The van der Waals surface area contributed by atoms with Gasteiger partial charge in [0.1, 0.15) is 0 Å². The third-order valence-corrected chi connectivity index (χ3v) is 2.72. The van der Waals surface area contributed by atoms with Crippen LogP contribution in [0.4, 0.5) is 4.79 Å². The zero-order chi connectivity index (χ0) is 13.4. The molecule has 100 valence electrons. The average molecular weight is 246 g/mol. The van der Waals surface area contributed by atoms with Crippen molar-refractivity contribution in [3.8, 4) is 0 Å². The average Bonchev–Trinajstić information content (AvgIpc) is 2.28. The number of urea groups is 1. The predicted octanol–water partition coefficient (Wildman–Crippen LogP) is 0.773. The number of nitrogens with zero attached hydrogens (tertiary/aromatic N) is 1. The maximum atomic E-state index is 11.8. The van der Waals surface area contributed by atoms with Gasteiger partial charge in [-0.1, -0.05) is 0 Å². The quantitative estimate of drug-likeness (QED) is 0.695. The summed E-state index contributed by atoms with van der Waals surface area (Å²) in [6.45, 7) is 6.63. The first-order chi connectivity index (χ1) is 7.93. The highest BCUT2D eigenvalue weighted by molar-refractivity contribution is 5.76. The van der Waals surface area contributed by atoms with Gasteiger partial charge in [0.15, 0.2) is 0 Å². The second kappa shape index (κ2) is 7.89. The largest absolute Gasteiger partial charge is 0.481 e. The van der Waals surface area contributed by atoms with E-state index in [1.165, 1.54) is 0 Å². The van der Waals surface area contributed by atoms with Crippen molar-refractivity contribution >= 4 is 12.0 Å². The molecule has 2 atom stereocenters. The van der Waals surface area contributed by atoms with E-state index in [1.54, 1.807) is 25.9 Å². The summed E-state index contributed by atoms with van der Waals surface area (Å²) in [5, 5.41) is 11.5. The van der Waals surface area contributed by atoms with Crippen LogP contribution in [0.3, 0.4) is 0 Å². The zero-order valence-corrected chi connectivity index (χ0v) is 10.9. The van der Waals surface area contributed by atoms with Gasteiger partial charge in [0, 0.05) is 26.2 Å². The van der Waals surface area contributed by atoms with Crippen LogP contribution in [0.1, 0.15) is 20.8 Å². The van der Waals surface area contributed by atoms with Gasteiger partial charge in [0.05, 0.1) is 12.5 Å². The molecular weight excluding hydrogens is 224 g/mol. The van der Waals surface area contributed by atoms with Crippen molar-refractivity contribution in [2.75, 3.05) is 26.8 Å². The highest BCUT2D eigenvalue weighted by atomic mass is 16.5. The first-order valence-electron chi connectivity index (χ1n) is 5.71. The zero-order valence-electron chi connectivity index (χ0n) is 10.9. The fourth-order valence-corrected chi connectivity index (χ4v) is 1.23. The number of rotatable bonds is 7. The summed E-state index contributed by atoms with van der Waals surface area (Å²) in [6.07, 6.45) is 0. The Bertz CT molecular complexity index is 258. The van der Waals surface area contributed by atoms with Crippen LogP contribution in [0.25, 0.3) is 0 Å². The molecule has 2 unspecified atom stereocenters. The third-order valence-electron chi connectivity index (χ3n) is 2.72. The standard InChI is InChI=1S/C11H22N2O4/c1-5-13(6-7-17-4)11(16)12-9(3)8(2)10(14)15/h8-9H,5-7H2,1-4H3,(H,12,16)(H,14,15). The van der Waals surface area contributed by atoms with Gasteiger partial charge in [-0.25, -0.2) is 4.79 Å². The van der Waals surface area contributed by atoms with E-state index in [1.807, 2.05) is 6.92 Å². The Morgan fingerprint density at radius 1 is 1.41 bits per heavy atom. The SMILES string of the molecule is CCN(CCOC)C(=O)NC(C)C(C)C(=O)O. The number of carbonyl (C=O) groups is 2. The molecule has 2 N–H and O–H groups in total. The summed E-state index contributed by atoms with van der Waals surface area (Å²) >= 11 is 0. The van der Waals surface area contributed by atoms with Crippen molar-refractivity contribution in [1.82, 2.24) is 10.2 Å². The van der Waals surface area contributed by atoms with E-state index in [9.17, 15) is 9.59 Å². The van der Waals surface area contributed by atoms with E-state index in [4.69, 9.17) is 9.84 Å². The van der Waals surface area contributed by atoms with Crippen LogP contribution in [0, 0.1) is 5.92 Å². The number of carboxylic acid groups (broad SMARTS) is 1. The van der Waals surface area contributed by atoms with E-state index in [-0.39, 0.29) is 6.03 Å². The predicted molar refractivity (Wildman–Crippen MR) is 63.9 cm³/mol. The molecule has 0 aromatic heterocycles. The van der Waals surface area contributed by atoms with Crippen molar-refractivity contribution in [1.29, 1.82) is 0 Å². The number of nitrogens with one attached hydrogen (secondary N) is 1. The van der Waals surface area contributed by atoms with Crippen molar-refractivity contribution in [2.45, 2.75) is 26.8 Å². The van der Waals surface area contributed by atoms with E-state index in [0.29, 0.717) is 19.7 Å². The molecule has 0 aliphatic rings. The first-order valence-corrected chi connectivity index (χ1v) is 5.71. The number of likely N-dealkylation sites (N-methyl/N-ethyl adjacent to an activating group) is 1. The summed E-state index contributed by atoms with van der Waals surface area (Å²) in [5.74, 6) is -1.53. The second-order valence-corrected chi connectivity index (χ2v) is 3.94. The molecule has 0 spiro atoms. The molecule has 0 aliphatic heterocycles. The van der Waals surface area contributed by atoms with Crippen LogP contribution in [-0.2, 0) is 9.53 Å². The monoisotopic (exact) mass is 246 g/mol. The van der Waals surface area contributed by atoms with Crippen molar-refractivity contribution in [3.63, 3.8) is 0 Å². The number of amides is 2. The normalized spacial score (nSPS) is 13.9. The molecule has 6 heteroatoms. The van der Waals surface area contributed by atoms with Crippen LogP contribution in [0.2, 0.25) is 0 Å². The second-order valence-electron chi connectivity index (χ2n) is 3.94. The van der Waals surface area contributed by atoms with E-state index in [0.717, 1.165) is 0 Å².